The molecule has 1 aromatic heterocycles. The van der Waals surface area contributed by atoms with Gasteiger partial charge in [-0.15, -0.1) is 11.6 Å². The van der Waals surface area contributed by atoms with Gasteiger partial charge in [0.1, 0.15) is 0 Å². The molecular weight excluding hydrogens is 198 g/mol. The Bertz CT molecular complexity index is 292. The minimum Gasteiger partial charge on any atom is -0.342 e. The maximum Gasteiger partial charge on any atom is 0.225 e. The second kappa shape index (κ2) is 4.60. The molecule has 1 heterocycles. The lowest BCUT2D eigenvalue weighted by molar-refractivity contribution is 0.816. The van der Waals surface area contributed by atoms with E-state index in [0.717, 1.165) is 23.9 Å². The zero-order valence-electron chi connectivity index (χ0n) is 9.08. The molecule has 0 aliphatic rings. The highest BCUT2D eigenvalue weighted by molar-refractivity contribution is 6.20. The summed E-state index contributed by atoms with van der Waals surface area (Å²) in [6.07, 6.45) is 0. The van der Waals surface area contributed by atoms with Gasteiger partial charge >= 0.3 is 0 Å². The van der Waals surface area contributed by atoms with Gasteiger partial charge in [-0.1, -0.05) is 0 Å². The van der Waals surface area contributed by atoms with E-state index in [1.807, 2.05) is 38.8 Å². The van der Waals surface area contributed by atoms with Gasteiger partial charge in [0.2, 0.25) is 5.95 Å². The summed E-state index contributed by atoms with van der Waals surface area (Å²) in [5.74, 6) is 0.745. The summed E-state index contributed by atoms with van der Waals surface area (Å²) in [6, 6.07) is 1.96. The Labute approximate surface area is 90.1 Å². The van der Waals surface area contributed by atoms with E-state index < -0.39 is 0 Å². The summed E-state index contributed by atoms with van der Waals surface area (Å²) in [4.78, 5) is 10.7. The zero-order valence-corrected chi connectivity index (χ0v) is 9.84. The first-order chi connectivity index (χ1) is 6.49. The third-order valence-electron chi connectivity index (χ3n) is 1.84. The summed E-state index contributed by atoms with van der Waals surface area (Å²) >= 11 is 5.90. The Morgan fingerprint density at radius 3 is 2.29 bits per heavy atom. The van der Waals surface area contributed by atoms with Crippen LogP contribution in [-0.4, -0.2) is 28.9 Å². The van der Waals surface area contributed by atoms with Gasteiger partial charge in [0, 0.05) is 30.4 Å². The van der Waals surface area contributed by atoms with E-state index in [2.05, 4.69) is 9.97 Å². The van der Waals surface area contributed by atoms with Crippen molar-refractivity contribution in [2.75, 3.05) is 18.5 Å². The fourth-order valence-electron chi connectivity index (χ4n) is 1.34. The largest absolute Gasteiger partial charge is 0.342 e. The molecule has 0 N–H and O–H groups in total. The molecule has 0 aromatic carbocycles. The Balaban J connectivity index is 2.84. The van der Waals surface area contributed by atoms with Crippen molar-refractivity contribution in [2.45, 2.75) is 26.1 Å². The number of hydrogen-bond acceptors (Lipinski definition) is 3. The minimum atomic E-state index is 0.101. The van der Waals surface area contributed by atoms with Crippen LogP contribution in [0.2, 0.25) is 0 Å². The van der Waals surface area contributed by atoms with Gasteiger partial charge < -0.3 is 4.90 Å². The van der Waals surface area contributed by atoms with Crippen LogP contribution in [0, 0.1) is 13.8 Å². The van der Waals surface area contributed by atoms with E-state index in [1.54, 1.807) is 0 Å². The van der Waals surface area contributed by atoms with Crippen molar-refractivity contribution >= 4 is 17.5 Å². The first-order valence-corrected chi connectivity index (χ1v) is 5.10. The Morgan fingerprint density at radius 2 is 1.86 bits per heavy atom. The molecule has 1 aromatic rings. The number of halogens is 1. The quantitative estimate of drug-likeness (QED) is 0.721. The second-order valence-electron chi connectivity index (χ2n) is 3.61. The van der Waals surface area contributed by atoms with Crippen LogP contribution in [0.25, 0.3) is 0 Å². The zero-order chi connectivity index (χ0) is 10.7. The first kappa shape index (κ1) is 11.2. The van der Waals surface area contributed by atoms with Gasteiger partial charge in [0.15, 0.2) is 0 Å². The number of nitrogens with zero attached hydrogens (tertiary/aromatic N) is 3. The van der Waals surface area contributed by atoms with Crippen LogP contribution in [0.5, 0.6) is 0 Å². The number of anilines is 1. The molecule has 0 spiro atoms. The van der Waals surface area contributed by atoms with E-state index >= 15 is 0 Å². The summed E-state index contributed by atoms with van der Waals surface area (Å²) in [6.45, 7) is 6.65. The van der Waals surface area contributed by atoms with Crippen molar-refractivity contribution in [3.8, 4) is 0 Å². The van der Waals surface area contributed by atoms with Crippen LogP contribution in [0.1, 0.15) is 18.3 Å². The number of rotatable bonds is 3. The third-order valence-corrected chi connectivity index (χ3v) is 1.98. The van der Waals surface area contributed by atoms with Gasteiger partial charge in [-0.25, -0.2) is 9.97 Å². The number of aryl methyl sites for hydroxylation is 2. The molecule has 4 heteroatoms. The number of aromatic nitrogens is 2. The van der Waals surface area contributed by atoms with Crippen LogP contribution in [0.15, 0.2) is 6.07 Å². The topological polar surface area (TPSA) is 29.0 Å². The van der Waals surface area contributed by atoms with Gasteiger partial charge in [-0.3, -0.25) is 0 Å². The summed E-state index contributed by atoms with van der Waals surface area (Å²) in [5, 5.41) is 0.101. The van der Waals surface area contributed by atoms with Crippen LogP contribution in [0.3, 0.4) is 0 Å². The van der Waals surface area contributed by atoms with Crippen LogP contribution < -0.4 is 4.90 Å². The fourth-order valence-corrected chi connectivity index (χ4v) is 1.54. The van der Waals surface area contributed by atoms with Crippen molar-refractivity contribution in [3.63, 3.8) is 0 Å². The van der Waals surface area contributed by atoms with Gasteiger partial charge in [-0.05, 0) is 26.8 Å². The Hall–Kier alpha value is -0.830. The first-order valence-electron chi connectivity index (χ1n) is 4.66. The van der Waals surface area contributed by atoms with Gasteiger partial charge in [-0.2, -0.15) is 0 Å². The molecule has 0 saturated carbocycles. The standard InChI is InChI=1S/C10H16ClN3/c1-7(11)6-14(4)10-12-8(2)5-9(3)13-10/h5,7H,6H2,1-4H3. The molecule has 0 bridgehead atoms. The van der Waals surface area contributed by atoms with Crippen molar-refractivity contribution in [1.82, 2.24) is 9.97 Å². The highest BCUT2D eigenvalue weighted by Gasteiger charge is 2.07. The molecule has 1 unspecified atom stereocenters. The normalized spacial score (nSPS) is 12.6. The van der Waals surface area contributed by atoms with Crippen molar-refractivity contribution in [2.24, 2.45) is 0 Å². The van der Waals surface area contributed by atoms with Crippen LogP contribution >= 0.6 is 11.6 Å². The fraction of sp³-hybridized carbons (Fsp3) is 0.600. The summed E-state index contributed by atoms with van der Waals surface area (Å²) in [7, 11) is 1.95. The molecule has 0 saturated heterocycles. The van der Waals surface area contributed by atoms with E-state index in [1.165, 1.54) is 0 Å². The minimum absolute atomic E-state index is 0.101. The van der Waals surface area contributed by atoms with Crippen LogP contribution in [0.4, 0.5) is 5.95 Å². The lowest BCUT2D eigenvalue weighted by Crippen LogP contribution is -2.26. The highest BCUT2D eigenvalue weighted by atomic mass is 35.5. The van der Waals surface area contributed by atoms with Crippen molar-refractivity contribution in [3.05, 3.63) is 17.5 Å². The lowest BCUT2D eigenvalue weighted by atomic mass is 10.3. The maximum atomic E-state index is 5.90. The molecule has 14 heavy (non-hydrogen) atoms. The molecule has 78 valence electrons. The molecular formula is C10H16ClN3. The van der Waals surface area contributed by atoms with E-state index in [4.69, 9.17) is 11.6 Å². The lowest BCUT2D eigenvalue weighted by Gasteiger charge is -2.18. The van der Waals surface area contributed by atoms with E-state index in [9.17, 15) is 0 Å². The molecule has 0 aliphatic carbocycles. The molecule has 1 rings (SSSR count). The molecule has 3 nitrogen and oxygen atoms in total. The summed E-state index contributed by atoms with van der Waals surface area (Å²) in [5.41, 5.74) is 1.98. The van der Waals surface area contributed by atoms with Gasteiger partial charge in [0.05, 0.1) is 0 Å². The SMILES string of the molecule is Cc1cc(C)nc(N(C)CC(C)Cl)n1. The monoisotopic (exact) mass is 213 g/mol. The maximum absolute atomic E-state index is 5.90. The summed E-state index contributed by atoms with van der Waals surface area (Å²) < 4.78 is 0. The average molecular weight is 214 g/mol. The second-order valence-corrected chi connectivity index (χ2v) is 4.36. The smallest absolute Gasteiger partial charge is 0.225 e. The molecule has 0 fully saturated rings. The number of hydrogen-bond donors (Lipinski definition) is 0. The molecule has 0 radical (unpaired) electrons. The Morgan fingerprint density at radius 1 is 1.36 bits per heavy atom. The van der Waals surface area contributed by atoms with Crippen molar-refractivity contribution in [1.29, 1.82) is 0 Å². The average Bonchev–Trinajstić information content (AvgIpc) is 2.00. The van der Waals surface area contributed by atoms with E-state index in [-0.39, 0.29) is 5.38 Å². The Kier molecular flexibility index (Phi) is 3.69. The highest BCUT2D eigenvalue weighted by Crippen LogP contribution is 2.09. The predicted molar refractivity (Wildman–Crippen MR) is 60.1 cm³/mol. The predicted octanol–water partition coefficient (Wildman–Crippen LogP) is 2.16. The molecule has 0 amide bonds. The number of alkyl halides is 1. The molecule has 0 aliphatic heterocycles. The van der Waals surface area contributed by atoms with E-state index in [0.29, 0.717) is 0 Å². The van der Waals surface area contributed by atoms with Crippen LogP contribution in [-0.2, 0) is 0 Å². The van der Waals surface area contributed by atoms with Crippen molar-refractivity contribution < 1.29 is 0 Å². The molecule has 1 atom stereocenters. The van der Waals surface area contributed by atoms with Gasteiger partial charge in [0.25, 0.3) is 0 Å². The third kappa shape index (κ3) is 3.14.